The van der Waals surface area contributed by atoms with Gasteiger partial charge in [-0.15, -0.1) is 6.58 Å². The number of methoxy groups -OCH3 is 2. The molecular weight excluding hydrogens is 376 g/mol. The largest absolute Gasteiger partial charge is 0.497 e. The van der Waals surface area contributed by atoms with Crippen LogP contribution in [0.5, 0.6) is 11.5 Å². The van der Waals surface area contributed by atoms with Gasteiger partial charge in [0.25, 0.3) is 0 Å². The molecule has 1 heterocycles. The first-order chi connectivity index (χ1) is 14.6. The fourth-order valence-electron chi connectivity index (χ4n) is 3.35. The fourth-order valence-corrected chi connectivity index (χ4v) is 3.35. The quantitative estimate of drug-likeness (QED) is 0.473. The van der Waals surface area contributed by atoms with Gasteiger partial charge in [0.05, 0.1) is 27.2 Å². The molecule has 0 bridgehead atoms. The summed E-state index contributed by atoms with van der Waals surface area (Å²) in [6.45, 7) is 5.56. The molecule has 5 nitrogen and oxygen atoms in total. The van der Waals surface area contributed by atoms with Crippen molar-refractivity contribution in [2.75, 3.05) is 20.8 Å². The van der Waals surface area contributed by atoms with E-state index in [0.717, 1.165) is 28.3 Å². The third-order valence-electron chi connectivity index (χ3n) is 4.98. The van der Waals surface area contributed by atoms with Gasteiger partial charge < -0.3 is 18.9 Å². The van der Waals surface area contributed by atoms with Gasteiger partial charge in [0.15, 0.2) is 0 Å². The Morgan fingerprint density at radius 2 is 1.77 bits per heavy atom. The van der Waals surface area contributed by atoms with Crippen LogP contribution in [-0.2, 0) is 24.3 Å². The second-order valence-corrected chi connectivity index (χ2v) is 7.07. The van der Waals surface area contributed by atoms with Gasteiger partial charge in [0.2, 0.25) is 5.91 Å². The molecule has 0 aliphatic heterocycles. The van der Waals surface area contributed by atoms with Gasteiger partial charge in [0.1, 0.15) is 11.5 Å². The van der Waals surface area contributed by atoms with Crippen molar-refractivity contribution in [3.05, 3.63) is 96.3 Å². The van der Waals surface area contributed by atoms with Crippen LogP contribution in [0.1, 0.15) is 16.8 Å². The van der Waals surface area contributed by atoms with Crippen LogP contribution in [0.2, 0.25) is 0 Å². The second kappa shape index (κ2) is 10.3. The molecule has 0 spiro atoms. The summed E-state index contributed by atoms with van der Waals surface area (Å²) in [5.41, 5.74) is 3.18. The number of hydrogen-bond donors (Lipinski definition) is 0. The lowest BCUT2D eigenvalue weighted by Gasteiger charge is -2.22. The first-order valence-electron chi connectivity index (χ1n) is 9.91. The standard InChI is InChI=1S/C25H28N2O3/c1-4-14-27(25(28)17-20-10-12-23(29-2)13-11-20)19-22-8-6-15-26(22)18-21-7-5-9-24(16-21)30-3/h4-13,15-16H,1,14,17-19H2,2-3H3. The summed E-state index contributed by atoms with van der Waals surface area (Å²) in [5.74, 6) is 1.68. The molecule has 0 saturated carbocycles. The van der Waals surface area contributed by atoms with Crippen molar-refractivity contribution in [1.82, 2.24) is 9.47 Å². The molecular formula is C25H28N2O3. The summed E-state index contributed by atoms with van der Waals surface area (Å²) in [6.07, 6.45) is 4.14. The van der Waals surface area contributed by atoms with Crippen LogP contribution in [0, 0.1) is 0 Å². The predicted octanol–water partition coefficient (Wildman–Crippen LogP) is 4.31. The molecule has 0 fully saturated rings. The Balaban J connectivity index is 1.70. The lowest BCUT2D eigenvalue weighted by atomic mass is 10.1. The van der Waals surface area contributed by atoms with Crippen LogP contribution < -0.4 is 9.47 Å². The summed E-state index contributed by atoms with van der Waals surface area (Å²) in [7, 11) is 3.30. The molecule has 3 aromatic rings. The van der Waals surface area contributed by atoms with Gasteiger partial charge in [-0.2, -0.15) is 0 Å². The van der Waals surface area contributed by atoms with Gasteiger partial charge in [-0.25, -0.2) is 0 Å². The van der Waals surface area contributed by atoms with Crippen molar-refractivity contribution in [2.24, 2.45) is 0 Å². The van der Waals surface area contributed by atoms with E-state index >= 15 is 0 Å². The van der Waals surface area contributed by atoms with Gasteiger partial charge in [-0.05, 0) is 47.5 Å². The van der Waals surface area contributed by atoms with Crippen molar-refractivity contribution in [3.63, 3.8) is 0 Å². The molecule has 0 N–H and O–H groups in total. The van der Waals surface area contributed by atoms with Gasteiger partial charge in [0, 0.05) is 25.0 Å². The minimum absolute atomic E-state index is 0.0641. The van der Waals surface area contributed by atoms with Crippen LogP contribution in [0.15, 0.2) is 79.5 Å². The first-order valence-corrected chi connectivity index (χ1v) is 9.91. The van der Waals surface area contributed by atoms with E-state index in [4.69, 9.17) is 9.47 Å². The van der Waals surface area contributed by atoms with Gasteiger partial charge in [-0.1, -0.05) is 30.3 Å². The number of rotatable bonds is 10. The molecule has 156 valence electrons. The maximum absolute atomic E-state index is 13.0. The van der Waals surface area contributed by atoms with Crippen LogP contribution >= 0.6 is 0 Å². The number of carbonyl (C=O) groups excluding carboxylic acids is 1. The van der Waals surface area contributed by atoms with Crippen LogP contribution in [0.4, 0.5) is 0 Å². The second-order valence-electron chi connectivity index (χ2n) is 7.07. The summed E-state index contributed by atoms with van der Waals surface area (Å²) >= 11 is 0. The molecule has 0 saturated heterocycles. The number of aromatic nitrogens is 1. The summed E-state index contributed by atoms with van der Waals surface area (Å²) in [5, 5.41) is 0. The minimum atomic E-state index is 0.0641. The van der Waals surface area contributed by atoms with E-state index in [1.165, 1.54) is 0 Å². The Kier molecular flexibility index (Phi) is 7.33. The van der Waals surface area contributed by atoms with Gasteiger partial charge in [-0.3, -0.25) is 4.79 Å². The Hall–Kier alpha value is -3.47. The topological polar surface area (TPSA) is 43.7 Å². The number of carbonyl (C=O) groups is 1. The Morgan fingerprint density at radius 3 is 2.47 bits per heavy atom. The number of ether oxygens (including phenoxy) is 2. The zero-order chi connectivity index (χ0) is 21.3. The van der Waals surface area contributed by atoms with Crippen molar-refractivity contribution in [1.29, 1.82) is 0 Å². The Labute approximate surface area is 178 Å². The highest BCUT2D eigenvalue weighted by atomic mass is 16.5. The average molecular weight is 405 g/mol. The average Bonchev–Trinajstić information content (AvgIpc) is 3.20. The third kappa shape index (κ3) is 5.54. The summed E-state index contributed by atoms with van der Waals surface area (Å²) in [6, 6.07) is 19.7. The molecule has 2 aromatic carbocycles. The summed E-state index contributed by atoms with van der Waals surface area (Å²) in [4.78, 5) is 14.8. The van der Waals surface area contributed by atoms with Crippen molar-refractivity contribution in [2.45, 2.75) is 19.5 Å². The molecule has 5 heteroatoms. The maximum atomic E-state index is 13.0. The SMILES string of the molecule is C=CCN(Cc1cccn1Cc1cccc(OC)c1)C(=O)Cc1ccc(OC)cc1. The van der Waals surface area contributed by atoms with E-state index in [1.807, 2.05) is 59.6 Å². The Morgan fingerprint density at radius 1 is 1.00 bits per heavy atom. The lowest BCUT2D eigenvalue weighted by Crippen LogP contribution is -2.32. The number of benzene rings is 2. The first kappa shape index (κ1) is 21.2. The van der Waals surface area contributed by atoms with Gasteiger partial charge >= 0.3 is 0 Å². The smallest absolute Gasteiger partial charge is 0.227 e. The highest BCUT2D eigenvalue weighted by Crippen LogP contribution is 2.17. The highest BCUT2D eigenvalue weighted by molar-refractivity contribution is 5.79. The van der Waals surface area contributed by atoms with E-state index in [0.29, 0.717) is 26.1 Å². The molecule has 0 atom stereocenters. The van der Waals surface area contributed by atoms with E-state index in [-0.39, 0.29) is 5.91 Å². The molecule has 3 rings (SSSR count). The van der Waals surface area contributed by atoms with Crippen LogP contribution in [0.3, 0.4) is 0 Å². The molecule has 1 amide bonds. The summed E-state index contributed by atoms with van der Waals surface area (Å²) < 4.78 is 12.7. The molecule has 0 unspecified atom stereocenters. The Bertz CT molecular complexity index is 976. The minimum Gasteiger partial charge on any atom is -0.497 e. The molecule has 0 aliphatic rings. The molecule has 0 radical (unpaired) electrons. The van der Waals surface area contributed by atoms with E-state index in [1.54, 1.807) is 20.3 Å². The third-order valence-corrected chi connectivity index (χ3v) is 4.98. The van der Waals surface area contributed by atoms with E-state index < -0.39 is 0 Å². The monoisotopic (exact) mass is 404 g/mol. The number of nitrogens with zero attached hydrogens (tertiary/aromatic N) is 2. The zero-order valence-corrected chi connectivity index (χ0v) is 17.6. The number of amides is 1. The van der Waals surface area contributed by atoms with Crippen LogP contribution in [0.25, 0.3) is 0 Å². The molecule has 1 aromatic heterocycles. The predicted molar refractivity (Wildman–Crippen MR) is 119 cm³/mol. The van der Waals surface area contributed by atoms with E-state index in [2.05, 4.69) is 23.3 Å². The fraction of sp³-hybridized carbons (Fsp3) is 0.240. The molecule has 30 heavy (non-hydrogen) atoms. The van der Waals surface area contributed by atoms with Crippen molar-refractivity contribution < 1.29 is 14.3 Å². The maximum Gasteiger partial charge on any atom is 0.227 e. The van der Waals surface area contributed by atoms with E-state index in [9.17, 15) is 4.79 Å². The normalized spacial score (nSPS) is 10.5. The van der Waals surface area contributed by atoms with Crippen molar-refractivity contribution in [3.8, 4) is 11.5 Å². The highest BCUT2D eigenvalue weighted by Gasteiger charge is 2.15. The number of hydrogen-bond acceptors (Lipinski definition) is 3. The molecule has 0 aliphatic carbocycles. The van der Waals surface area contributed by atoms with Crippen molar-refractivity contribution >= 4 is 5.91 Å². The zero-order valence-electron chi connectivity index (χ0n) is 17.6. The van der Waals surface area contributed by atoms with Crippen LogP contribution in [-0.4, -0.2) is 36.1 Å². The lowest BCUT2D eigenvalue weighted by molar-refractivity contribution is -0.130.